The third-order valence-electron chi connectivity index (χ3n) is 3.40. The van der Waals surface area contributed by atoms with Crippen LogP contribution in [-0.4, -0.2) is 19.8 Å². The Balaban J connectivity index is 2.04. The van der Waals surface area contributed by atoms with Crippen molar-refractivity contribution in [1.82, 2.24) is 4.31 Å². The minimum absolute atomic E-state index is 0.361. The Bertz CT molecular complexity index is 850. The monoisotopic (exact) mass is 317 g/mol. The number of rotatable bonds is 4. The maximum Gasteiger partial charge on any atom is 0.243 e. The summed E-state index contributed by atoms with van der Waals surface area (Å²) in [5.74, 6) is 0. The van der Waals surface area contributed by atoms with Gasteiger partial charge in [0.05, 0.1) is 4.90 Å². The van der Waals surface area contributed by atoms with Gasteiger partial charge in [-0.15, -0.1) is 11.3 Å². The Hall–Kier alpha value is -1.69. The summed E-state index contributed by atoms with van der Waals surface area (Å²) in [5, 5.41) is 3.65. The topological polar surface area (TPSA) is 37.4 Å². The number of fused-ring (bicyclic) bond motifs is 1. The van der Waals surface area contributed by atoms with Crippen LogP contribution >= 0.6 is 11.3 Å². The highest BCUT2D eigenvalue weighted by Crippen LogP contribution is 2.26. The van der Waals surface area contributed by atoms with Crippen LogP contribution in [0.4, 0.5) is 0 Å². The van der Waals surface area contributed by atoms with Gasteiger partial charge in [-0.3, -0.25) is 0 Å². The molecule has 0 amide bonds. The number of benzene rings is 2. The van der Waals surface area contributed by atoms with Crippen molar-refractivity contribution < 1.29 is 8.42 Å². The average Bonchev–Trinajstić information content (AvgIpc) is 2.99. The van der Waals surface area contributed by atoms with Crippen molar-refractivity contribution in [3.63, 3.8) is 0 Å². The highest BCUT2D eigenvalue weighted by Gasteiger charge is 2.23. The van der Waals surface area contributed by atoms with Crippen molar-refractivity contribution in [2.45, 2.75) is 11.4 Å². The summed E-state index contributed by atoms with van der Waals surface area (Å²) in [7, 11) is -1.88. The van der Waals surface area contributed by atoms with E-state index >= 15 is 0 Å². The molecule has 0 spiro atoms. The molecule has 3 aromatic rings. The van der Waals surface area contributed by atoms with Crippen LogP contribution < -0.4 is 0 Å². The van der Waals surface area contributed by atoms with E-state index in [1.54, 1.807) is 30.5 Å². The highest BCUT2D eigenvalue weighted by molar-refractivity contribution is 7.89. The summed E-state index contributed by atoms with van der Waals surface area (Å²) >= 11 is 1.56. The summed E-state index contributed by atoms with van der Waals surface area (Å²) in [5.41, 5.74) is 0. The van der Waals surface area contributed by atoms with Crippen LogP contribution in [-0.2, 0) is 16.6 Å². The van der Waals surface area contributed by atoms with Crippen LogP contribution in [0.3, 0.4) is 0 Å². The number of sulfonamides is 1. The first kappa shape index (κ1) is 14.3. The molecule has 0 bridgehead atoms. The van der Waals surface area contributed by atoms with Gasteiger partial charge >= 0.3 is 0 Å². The lowest BCUT2D eigenvalue weighted by Gasteiger charge is -2.17. The summed E-state index contributed by atoms with van der Waals surface area (Å²) in [6, 6.07) is 16.8. The molecule has 1 heterocycles. The molecule has 3 nitrogen and oxygen atoms in total. The van der Waals surface area contributed by atoms with Gasteiger partial charge in [0.25, 0.3) is 0 Å². The minimum atomic E-state index is -3.50. The Kier molecular flexibility index (Phi) is 3.80. The Labute approximate surface area is 128 Å². The first-order valence-electron chi connectivity index (χ1n) is 6.55. The fourth-order valence-corrected chi connectivity index (χ4v) is 4.49. The summed E-state index contributed by atoms with van der Waals surface area (Å²) < 4.78 is 27.0. The van der Waals surface area contributed by atoms with Crippen LogP contribution in [0.2, 0.25) is 0 Å². The number of hydrogen-bond acceptors (Lipinski definition) is 3. The number of nitrogens with zero attached hydrogens (tertiary/aromatic N) is 1. The van der Waals surface area contributed by atoms with Crippen molar-refractivity contribution in [2.24, 2.45) is 0 Å². The molecule has 0 unspecified atom stereocenters. The number of thiophene rings is 1. The lowest BCUT2D eigenvalue weighted by atomic mass is 10.1. The van der Waals surface area contributed by atoms with Crippen molar-refractivity contribution in [2.75, 3.05) is 7.05 Å². The molecule has 1 aromatic heterocycles. The quantitative estimate of drug-likeness (QED) is 0.735. The van der Waals surface area contributed by atoms with Crippen LogP contribution in [0, 0.1) is 0 Å². The summed E-state index contributed by atoms with van der Waals surface area (Å²) in [4.78, 5) is 1.39. The molecule has 0 aliphatic heterocycles. The molecule has 0 saturated carbocycles. The molecule has 0 aliphatic carbocycles. The van der Waals surface area contributed by atoms with Crippen molar-refractivity contribution in [1.29, 1.82) is 0 Å². The van der Waals surface area contributed by atoms with E-state index in [4.69, 9.17) is 0 Å². The van der Waals surface area contributed by atoms with Gasteiger partial charge in [0.1, 0.15) is 0 Å². The molecule has 0 saturated heterocycles. The van der Waals surface area contributed by atoms with Crippen LogP contribution in [0.5, 0.6) is 0 Å². The van der Waals surface area contributed by atoms with Crippen molar-refractivity contribution >= 4 is 32.1 Å². The third-order valence-corrected chi connectivity index (χ3v) is 6.12. The largest absolute Gasteiger partial charge is 0.243 e. The van der Waals surface area contributed by atoms with Crippen LogP contribution in [0.15, 0.2) is 64.9 Å². The zero-order chi connectivity index (χ0) is 14.9. The van der Waals surface area contributed by atoms with E-state index in [1.807, 2.05) is 47.8 Å². The van der Waals surface area contributed by atoms with Gasteiger partial charge in [-0.05, 0) is 22.9 Å². The van der Waals surface area contributed by atoms with Gasteiger partial charge in [0, 0.05) is 23.9 Å². The smallest absolute Gasteiger partial charge is 0.207 e. The minimum Gasteiger partial charge on any atom is -0.207 e. The van der Waals surface area contributed by atoms with Crippen molar-refractivity contribution in [3.8, 4) is 0 Å². The van der Waals surface area contributed by atoms with E-state index in [9.17, 15) is 8.42 Å². The molecule has 0 fully saturated rings. The zero-order valence-electron chi connectivity index (χ0n) is 11.6. The molecule has 2 aromatic carbocycles. The maximum absolute atomic E-state index is 12.8. The first-order valence-corrected chi connectivity index (χ1v) is 8.87. The van der Waals surface area contributed by atoms with Gasteiger partial charge in [0.2, 0.25) is 10.0 Å². The van der Waals surface area contributed by atoms with Crippen molar-refractivity contribution in [3.05, 3.63) is 64.9 Å². The standard InChI is InChI=1S/C16H15NO2S2/c1-17(12-14-8-5-11-20-14)21(18,19)16-10-4-7-13-6-2-3-9-15(13)16/h2-11H,12H2,1H3. The molecule has 0 radical (unpaired) electrons. The SMILES string of the molecule is CN(Cc1cccs1)S(=O)(=O)c1cccc2ccccc12. The Morgan fingerprint density at radius 3 is 2.52 bits per heavy atom. The van der Waals surface area contributed by atoms with Crippen LogP contribution in [0.1, 0.15) is 4.88 Å². The number of hydrogen-bond donors (Lipinski definition) is 0. The van der Waals surface area contributed by atoms with E-state index in [-0.39, 0.29) is 0 Å². The third kappa shape index (κ3) is 2.72. The summed E-state index contributed by atoms with van der Waals surface area (Å²) in [6.07, 6.45) is 0. The normalized spacial score (nSPS) is 12.1. The Morgan fingerprint density at radius 2 is 1.76 bits per heavy atom. The second-order valence-electron chi connectivity index (χ2n) is 4.82. The lowest BCUT2D eigenvalue weighted by molar-refractivity contribution is 0.470. The first-order chi connectivity index (χ1) is 10.1. The molecule has 21 heavy (non-hydrogen) atoms. The second kappa shape index (κ2) is 5.60. The predicted molar refractivity (Wildman–Crippen MR) is 86.9 cm³/mol. The summed E-state index contributed by atoms with van der Waals surface area (Å²) in [6.45, 7) is 0.392. The fraction of sp³-hybridized carbons (Fsp3) is 0.125. The molecular formula is C16H15NO2S2. The predicted octanol–water partition coefficient (Wildman–Crippen LogP) is 3.72. The van der Waals surface area contributed by atoms with E-state index in [0.717, 1.165) is 15.6 Å². The van der Waals surface area contributed by atoms with Gasteiger partial charge in [0.15, 0.2) is 0 Å². The molecule has 0 aliphatic rings. The lowest BCUT2D eigenvalue weighted by Crippen LogP contribution is -2.26. The van der Waals surface area contributed by atoms with Gasteiger partial charge in [-0.1, -0.05) is 42.5 Å². The van der Waals surface area contributed by atoms with E-state index in [2.05, 4.69) is 0 Å². The van der Waals surface area contributed by atoms with Crippen LogP contribution in [0.25, 0.3) is 10.8 Å². The van der Waals surface area contributed by atoms with Gasteiger partial charge < -0.3 is 0 Å². The van der Waals surface area contributed by atoms with E-state index in [1.165, 1.54) is 4.31 Å². The molecule has 0 atom stereocenters. The van der Waals surface area contributed by atoms with E-state index in [0.29, 0.717) is 11.4 Å². The Morgan fingerprint density at radius 1 is 1.00 bits per heavy atom. The molecule has 5 heteroatoms. The average molecular weight is 317 g/mol. The van der Waals surface area contributed by atoms with Gasteiger partial charge in [-0.25, -0.2) is 8.42 Å². The van der Waals surface area contributed by atoms with E-state index < -0.39 is 10.0 Å². The van der Waals surface area contributed by atoms with Gasteiger partial charge in [-0.2, -0.15) is 4.31 Å². The molecule has 108 valence electrons. The second-order valence-corrected chi connectivity index (χ2v) is 7.86. The molecule has 0 N–H and O–H groups in total. The zero-order valence-corrected chi connectivity index (χ0v) is 13.2. The molecular weight excluding hydrogens is 302 g/mol. The maximum atomic E-state index is 12.8. The molecule has 3 rings (SSSR count). The fourth-order valence-electron chi connectivity index (χ4n) is 2.30. The highest BCUT2D eigenvalue weighted by atomic mass is 32.2.